The van der Waals surface area contributed by atoms with E-state index in [0.717, 1.165) is 6.33 Å². The SMILES string of the molecule is Cc1nc2c(ncn2[C@H]2CC3OCP(=O)(O)OC[C@H]4O[C@@H](n5cnc6c(N)ncnc65)[C@@H](F)C4OP(=O)(O)OC[C@H]3O2)c(=O)[nH]1. The lowest BCUT2D eigenvalue weighted by Gasteiger charge is -2.23. The lowest BCUT2D eigenvalue weighted by molar-refractivity contribution is -0.0578. The van der Waals surface area contributed by atoms with Crippen LogP contribution in [0.25, 0.3) is 22.3 Å². The van der Waals surface area contributed by atoms with E-state index >= 15 is 4.39 Å². The maximum atomic E-state index is 15.9. The second-order valence-corrected chi connectivity index (χ2v) is 13.7. The van der Waals surface area contributed by atoms with Crippen LogP contribution in [-0.4, -0.2) is 99.0 Å². The summed E-state index contributed by atoms with van der Waals surface area (Å²) < 4.78 is 77.7. The van der Waals surface area contributed by atoms with Gasteiger partial charge in [-0.1, -0.05) is 0 Å². The van der Waals surface area contributed by atoms with E-state index in [4.69, 9.17) is 33.5 Å². The predicted molar refractivity (Wildman–Crippen MR) is 146 cm³/mol. The molecule has 7 rings (SSSR count). The van der Waals surface area contributed by atoms with Crippen LogP contribution in [0.1, 0.15) is 24.7 Å². The molecule has 5 N–H and O–H groups in total. The number of ether oxygens (including phenoxy) is 3. The maximum Gasteiger partial charge on any atom is 0.472 e. The molecule has 45 heavy (non-hydrogen) atoms. The quantitative estimate of drug-likeness (QED) is 0.210. The van der Waals surface area contributed by atoms with E-state index < -0.39 is 83.6 Å². The standard InChI is InChI=1S/C22H26FN9O11P2/c1-9-29-20-16(21(33)30-9)28-6-31(20)13-2-10-11(41-13)3-40-45(36,37)43-17-12(4-39-44(34,35)8-38-10)42-22(14(17)23)32-7-27-15-18(24)25-5-26-19(15)32/h5-7,10-14,17,22H,2-4,8H2,1H3,(H,34,35)(H,36,37)(H2,24,25,26)(H,29,30,33)/t10?,11-,12-,13-,14+,17?,22-/m1/s1. The Hall–Kier alpha value is -3.23. The number of hydrogen-bond donors (Lipinski definition) is 4. The summed E-state index contributed by atoms with van der Waals surface area (Å²) in [4.78, 5) is 56.3. The highest BCUT2D eigenvalue weighted by Gasteiger charge is 2.52. The van der Waals surface area contributed by atoms with Gasteiger partial charge in [0, 0.05) is 6.42 Å². The molecule has 3 fully saturated rings. The predicted octanol–water partition coefficient (Wildman–Crippen LogP) is 0.434. The van der Waals surface area contributed by atoms with Gasteiger partial charge in [0.15, 0.2) is 35.0 Å². The molecule has 0 spiro atoms. The van der Waals surface area contributed by atoms with Gasteiger partial charge >= 0.3 is 15.4 Å². The van der Waals surface area contributed by atoms with Gasteiger partial charge in [0.25, 0.3) is 5.56 Å². The van der Waals surface area contributed by atoms with Crippen LogP contribution in [0.2, 0.25) is 0 Å². The number of aromatic amines is 1. The monoisotopic (exact) mass is 673 g/mol. The van der Waals surface area contributed by atoms with Gasteiger partial charge in [-0.2, -0.15) is 0 Å². The zero-order valence-corrected chi connectivity index (χ0v) is 24.9. The van der Waals surface area contributed by atoms with Crippen molar-refractivity contribution in [2.45, 2.75) is 56.4 Å². The highest BCUT2D eigenvalue weighted by molar-refractivity contribution is 7.52. The summed E-state index contributed by atoms with van der Waals surface area (Å²) in [7, 11) is -9.52. The third-order valence-corrected chi connectivity index (χ3v) is 9.53. The van der Waals surface area contributed by atoms with Crippen LogP contribution < -0.4 is 11.3 Å². The fraction of sp³-hybridized carbons (Fsp3) is 0.545. The second kappa shape index (κ2) is 11.2. The van der Waals surface area contributed by atoms with Crippen molar-refractivity contribution in [2.24, 2.45) is 0 Å². The van der Waals surface area contributed by atoms with Crippen molar-refractivity contribution in [1.29, 1.82) is 0 Å². The summed E-state index contributed by atoms with van der Waals surface area (Å²) in [6.07, 6.45) is -6.93. The molecular formula is C22H26FN9O11P2. The number of H-pyrrole nitrogens is 1. The summed E-state index contributed by atoms with van der Waals surface area (Å²) in [5.41, 5.74) is 5.88. The van der Waals surface area contributed by atoms with Crippen LogP contribution in [0, 0.1) is 6.92 Å². The normalized spacial score (nSPS) is 36.3. The molecule has 3 aliphatic heterocycles. The Labute approximate surface area is 250 Å². The molecule has 0 saturated carbocycles. The van der Waals surface area contributed by atoms with Crippen molar-refractivity contribution in [3.63, 3.8) is 0 Å². The number of alkyl halides is 1. The Morgan fingerprint density at radius 2 is 1.76 bits per heavy atom. The topological polar surface area (TPSA) is 263 Å². The van der Waals surface area contributed by atoms with Gasteiger partial charge in [-0.05, 0) is 6.92 Å². The van der Waals surface area contributed by atoms with Crippen molar-refractivity contribution in [1.82, 2.24) is 39.0 Å². The molecule has 3 saturated heterocycles. The van der Waals surface area contributed by atoms with Crippen LogP contribution >= 0.6 is 15.4 Å². The van der Waals surface area contributed by atoms with Crippen LogP contribution in [0.3, 0.4) is 0 Å². The number of nitrogens with zero attached hydrogens (tertiary/aromatic N) is 7. The molecule has 0 amide bonds. The maximum absolute atomic E-state index is 15.9. The fourth-order valence-corrected chi connectivity index (χ4v) is 7.24. The smallest absolute Gasteiger partial charge is 0.382 e. The Kier molecular flexibility index (Phi) is 7.59. The minimum absolute atomic E-state index is 0.0275. The first-order valence-corrected chi connectivity index (χ1v) is 16.7. The van der Waals surface area contributed by atoms with E-state index in [1.54, 1.807) is 6.92 Å². The average Bonchev–Trinajstić information content (AvgIpc) is 3.75. The van der Waals surface area contributed by atoms with E-state index in [1.807, 2.05) is 0 Å². The zero-order valence-electron chi connectivity index (χ0n) is 23.2. The molecule has 4 aromatic heterocycles. The molecule has 9 atom stereocenters. The number of aromatic nitrogens is 8. The first kappa shape index (κ1) is 30.4. The molecular weight excluding hydrogens is 647 g/mol. The molecule has 0 aromatic carbocycles. The van der Waals surface area contributed by atoms with Crippen LogP contribution in [0.4, 0.5) is 10.2 Å². The van der Waals surface area contributed by atoms with Crippen LogP contribution in [-0.2, 0) is 36.9 Å². The van der Waals surface area contributed by atoms with Crippen LogP contribution in [0.15, 0.2) is 23.8 Å². The molecule has 0 aliphatic carbocycles. The number of anilines is 1. The van der Waals surface area contributed by atoms with Crippen molar-refractivity contribution in [3.8, 4) is 0 Å². The number of hydrogen-bond acceptors (Lipinski definition) is 15. The van der Waals surface area contributed by atoms with E-state index in [-0.39, 0.29) is 34.6 Å². The van der Waals surface area contributed by atoms with Gasteiger partial charge in [0.1, 0.15) is 48.6 Å². The van der Waals surface area contributed by atoms with E-state index in [0.29, 0.717) is 5.82 Å². The molecule has 0 bridgehead atoms. The average molecular weight is 673 g/mol. The lowest BCUT2D eigenvalue weighted by Crippen LogP contribution is -2.34. The third-order valence-electron chi connectivity index (χ3n) is 7.52. The molecule has 4 aromatic rings. The number of imidazole rings is 2. The number of nitrogens with one attached hydrogen (secondary N) is 1. The van der Waals surface area contributed by atoms with E-state index in [9.17, 15) is 23.7 Å². The van der Waals surface area contributed by atoms with Crippen molar-refractivity contribution in [3.05, 3.63) is 35.2 Å². The number of rotatable bonds is 2. The van der Waals surface area contributed by atoms with E-state index in [1.165, 1.54) is 21.8 Å². The molecule has 7 heterocycles. The Balaban J connectivity index is 1.14. The first-order chi connectivity index (χ1) is 21.4. The highest BCUT2D eigenvalue weighted by Crippen LogP contribution is 2.52. The third kappa shape index (κ3) is 5.69. The molecule has 0 radical (unpaired) electrons. The fourth-order valence-electron chi connectivity index (χ4n) is 5.45. The largest absolute Gasteiger partial charge is 0.472 e. The number of aryl methyl sites for hydroxylation is 1. The van der Waals surface area contributed by atoms with Crippen molar-refractivity contribution in [2.75, 3.05) is 25.3 Å². The number of nitrogen functional groups attached to an aromatic ring is 1. The molecule has 3 aliphatic rings. The molecule has 242 valence electrons. The number of halogens is 1. The lowest BCUT2D eigenvalue weighted by atomic mass is 10.1. The number of fused-ring (bicyclic) bond motifs is 4. The van der Waals surface area contributed by atoms with Crippen molar-refractivity contribution < 1.29 is 51.1 Å². The Morgan fingerprint density at radius 3 is 2.58 bits per heavy atom. The van der Waals surface area contributed by atoms with Gasteiger partial charge in [-0.15, -0.1) is 0 Å². The zero-order chi connectivity index (χ0) is 31.7. The number of nitrogens with two attached hydrogens (primary N) is 1. The summed E-state index contributed by atoms with van der Waals surface area (Å²) in [6.45, 7) is 0.256. The number of phosphoric acid groups is 1. The summed E-state index contributed by atoms with van der Waals surface area (Å²) in [5.74, 6) is 0.354. The highest BCUT2D eigenvalue weighted by atomic mass is 31.2. The van der Waals surface area contributed by atoms with Gasteiger partial charge in [-0.25, -0.2) is 33.9 Å². The number of phosphoric ester groups is 1. The van der Waals surface area contributed by atoms with Gasteiger partial charge in [-0.3, -0.25) is 27.5 Å². The summed E-state index contributed by atoms with van der Waals surface area (Å²) >= 11 is 0. The summed E-state index contributed by atoms with van der Waals surface area (Å²) in [5, 5.41) is 0. The minimum Gasteiger partial charge on any atom is -0.382 e. The van der Waals surface area contributed by atoms with Crippen molar-refractivity contribution >= 4 is 43.6 Å². The molecule has 20 nitrogen and oxygen atoms in total. The van der Waals surface area contributed by atoms with Gasteiger partial charge < -0.3 is 39.2 Å². The minimum atomic E-state index is -5.02. The second-order valence-electron chi connectivity index (χ2n) is 10.5. The van der Waals surface area contributed by atoms with Gasteiger partial charge in [0.2, 0.25) is 0 Å². The molecule has 4 unspecified atom stereocenters. The Bertz CT molecular complexity index is 1920. The summed E-state index contributed by atoms with van der Waals surface area (Å²) in [6, 6.07) is 0. The van der Waals surface area contributed by atoms with Gasteiger partial charge in [0.05, 0.1) is 32.0 Å². The molecule has 23 heteroatoms. The Morgan fingerprint density at radius 1 is 1.00 bits per heavy atom. The van der Waals surface area contributed by atoms with Crippen LogP contribution in [0.5, 0.6) is 0 Å². The van der Waals surface area contributed by atoms with E-state index in [2.05, 4.69) is 29.9 Å². The first-order valence-electron chi connectivity index (χ1n) is 13.4.